The second-order valence-electron chi connectivity index (χ2n) is 4.94. The molecular weight excluding hydrogens is 262 g/mol. The lowest BCUT2D eigenvalue weighted by Gasteiger charge is -2.11. The van der Waals surface area contributed by atoms with E-state index in [9.17, 15) is 0 Å². The van der Waals surface area contributed by atoms with Gasteiger partial charge in [-0.2, -0.15) is 0 Å². The minimum atomic E-state index is 0.756. The van der Waals surface area contributed by atoms with Gasteiger partial charge in [0.2, 0.25) is 5.95 Å². The zero-order valence-corrected chi connectivity index (χ0v) is 12.1. The fraction of sp³-hybridized carbons (Fsp3) is 0.235. The Hall–Kier alpha value is -2.33. The molecule has 0 spiro atoms. The first-order chi connectivity index (χ1) is 10.4. The maximum Gasteiger partial charge on any atom is 0.207 e. The van der Waals surface area contributed by atoms with Gasteiger partial charge in [-0.15, -0.1) is 0 Å². The van der Waals surface area contributed by atoms with Crippen molar-refractivity contribution in [3.05, 3.63) is 54.9 Å². The maximum absolute atomic E-state index is 5.10. The van der Waals surface area contributed by atoms with E-state index >= 15 is 0 Å². The number of nitrogens with zero attached hydrogens (tertiary/aromatic N) is 2. The molecule has 1 N–H and O–H groups in total. The molecule has 0 unspecified atom stereocenters. The van der Waals surface area contributed by atoms with Crippen LogP contribution in [0.2, 0.25) is 0 Å². The van der Waals surface area contributed by atoms with Crippen LogP contribution in [0.5, 0.6) is 0 Å². The van der Waals surface area contributed by atoms with Crippen LogP contribution in [0, 0.1) is 0 Å². The van der Waals surface area contributed by atoms with Gasteiger partial charge >= 0.3 is 0 Å². The molecule has 0 saturated carbocycles. The summed E-state index contributed by atoms with van der Waals surface area (Å²) in [4.78, 5) is 4.41. The van der Waals surface area contributed by atoms with Crippen LogP contribution >= 0.6 is 0 Å². The van der Waals surface area contributed by atoms with Gasteiger partial charge < -0.3 is 14.6 Å². The Morgan fingerprint density at radius 3 is 2.90 bits per heavy atom. The predicted molar refractivity (Wildman–Crippen MR) is 86.0 cm³/mol. The molecule has 0 aliphatic rings. The first-order valence-corrected chi connectivity index (χ1v) is 7.13. The van der Waals surface area contributed by atoms with Gasteiger partial charge in [-0.25, -0.2) is 4.98 Å². The summed E-state index contributed by atoms with van der Waals surface area (Å²) in [5.74, 6) is 0.863. The summed E-state index contributed by atoms with van der Waals surface area (Å²) in [6.07, 6.45) is 4.78. The molecule has 0 amide bonds. The first kappa shape index (κ1) is 13.6. The Morgan fingerprint density at radius 2 is 2.00 bits per heavy atom. The molecule has 0 aliphatic heterocycles. The van der Waals surface area contributed by atoms with Crippen LogP contribution in [0.15, 0.2) is 54.9 Å². The van der Waals surface area contributed by atoms with Crippen LogP contribution in [0.25, 0.3) is 10.8 Å². The summed E-state index contributed by atoms with van der Waals surface area (Å²) in [5.41, 5.74) is 1.08. The van der Waals surface area contributed by atoms with E-state index < -0.39 is 0 Å². The molecule has 3 rings (SSSR count). The molecule has 0 atom stereocenters. The molecule has 0 aliphatic carbocycles. The average Bonchev–Trinajstić information content (AvgIpc) is 2.95. The van der Waals surface area contributed by atoms with Crippen molar-refractivity contribution < 1.29 is 4.74 Å². The van der Waals surface area contributed by atoms with Crippen LogP contribution in [0.4, 0.5) is 11.6 Å². The zero-order chi connectivity index (χ0) is 14.5. The number of nitrogens with one attached hydrogen (secondary N) is 1. The van der Waals surface area contributed by atoms with E-state index in [0.29, 0.717) is 0 Å². The number of ether oxygens (including phenoxy) is 1. The third-order valence-electron chi connectivity index (χ3n) is 3.50. The van der Waals surface area contributed by atoms with Crippen molar-refractivity contribution in [2.75, 3.05) is 19.0 Å². The minimum Gasteiger partial charge on any atom is -0.385 e. The van der Waals surface area contributed by atoms with Crippen LogP contribution in [-0.2, 0) is 11.3 Å². The second kappa shape index (κ2) is 6.41. The zero-order valence-electron chi connectivity index (χ0n) is 12.1. The Balaban J connectivity index is 1.84. The van der Waals surface area contributed by atoms with Gasteiger partial charge in [0.1, 0.15) is 0 Å². The van der Waals surface area contributed by atoms with Crippen LogP contribution in [0.1, 0.15) is 6.42 Å². The number of aromatic nitrogens is 2. The Labute approximate surface area is 124 Å². The molecule has 4 heteroatoms. The molecule has 4 nitrogen and oxygen atoms in total. The van der Waals surface area contributed by atoms with Gasteiger partial charge in [-0.3, -0.25) is 0 Å². The SMILES string of the molecule is COCCCn1ccnc1Nc1cccc2ccccc12. The van der Waals surface area contributed by atoms with E-state index in [1.54, 1.807) is 7.11 Å². The fourth-order valence-corrected chi connectivity index (χ4v) is 2.45. The van der Waals surface area contributed by atoms with Gasteiger partial charge in [0.05, 0.1) is 0 Å². The van der Waals surface area contributed by atoms with Gasteiger partial charge in [-0.05, 0) is 17.9 Å². The summed E-state index contributed by atoms with van der Waals surface area (Å²) in [6.45, 7) is 1.65. The van der Waals surface area contributed by atoms with Crippen LogP contribution < -0.4 is 5.32 Å². The highest BCUT2D eigenvalue weighted by atomic mass is 16.5. The smallest absolute Gasteiger partial charge is 0.207 e. The van der Waals surface area contributed by atoms with Crippen molar-refractivity contribution in [2.45, 2.75) is 13.0 Å². The van der Waals surface area contributed by atoms with Crippen molar-refractivity contribution in [1.29, 1.82) is 0 Å². The van der Waals surface area contributed by atoms with E-state index in [1.807, 2.05) is 12.4 Å². The van der Waals surface area contributed by atoms with Gasteiger partial charge in [0.15, 0.2) is 0 Å². The monoisotopic (exact) mass is 281 g/mol. The van der Waals surface area contributed by atoms with E-state index in [2.05, 4.69) is 57.3 Å². The predicted octanol–water partition coefficient (Wildman–Crippen LogP) is 3.82. The van der Waals surface area contributed by atoms with Crippen molar-refractivity contribution in [2.24, 2.45) is 0 Å². The molecular formula is C17H19N3O. The van der Waals surface area contributed by atoms with Crippen molar-refractivity contribution in [3.63, 3.8) is 0 Å². The molecule has 0 saturated heterocycles. The molecule has 1 heterocycles. The van der Waals surface area contributed by atoms with E-state index in [4.69, 9.17) is 4.74 Å². The number of hydrogen-bond donors (Lipinski definition) is 1. The van der Waals surface area contributed by atoms with E-state index in [-0.39, 0.29) is 0 Å². The number of rotatable bonds is 6. The Bertz CT molecular complexity index is 715. The normalized spacial score (nSPS) is 10.9. The van der Waals surface area contributed by atoms with E-state index in [0.717, 1.165) is 31.2 Å². The molecule has 108 valence electrons. The Morgan fingerprint density at radius 1 is 1.14 bits per heavy atom. The molecule has 2 aromatic carbocycles. The van der Waals surface area contributed by atoms with Gasteiger partial charge in [0.25, 0.3) is 0 Å². The number of fused-ring (bicyclic) bond motifs is 1. The fourth-order valence-electron chi connectivity index (χ4n) is 2.45. The highest BCUT2D eigenvalue weighted by Gasteiger charge is 2.05. The second-order valence-corrected chi connectivity index (χ2v) is 4.94. The minimum absolute atomic E-state index is 0.756. The van der Waals surface area contributed by atoms with Gasteiger partial charge in [0, 0.05) is 43.7 Å². The summed E-state index contributed by atoms with van der Waals surface area (Å²) in [6, 6.07) is 14.6. The third-order valence-corrected chi connectivity index (χ3v) is 3.50. The largest absolute Gasteiger partial charge is 0.385 e. The first-order valence-electron chi connectivity index (χ1n) is 7.13. The third kappa shape index (κ3) is 3.06. The summed E-state index contributed by atoms with van der Waals surface area (Å²) < 4.78 is 7.21. The number of hydrogen-bond acceptors (Lipinski definition) is 3. The van der Waals surface area contributed by atoms with Crippen molar-refractivity contribution in [1.82, 2.24) is 9.55 Å². The molecule has 0 bridgehead atoms. The molecule has 0 fully saturated rings. The number of anilines is 2. The number of benzene rings is 2. The highest BCUT2D eigenvalue weighted by molar-refractivity contribution is 5.94. The standard InChI is InChI=1S/C17H19N3O/c1-21-13-5-11-20-12-10-18-17(20)19-16-9-4-7-14-6-2-3-8-15(14)16/h2-4,6-10,12H,5,11,13H2,1H3,(H,18,19). The van der Waals surface area contributed by atoms with Crippen molar-refractivity contribution >= 4 is 22.4 Å². The molecule has 1 aromatic heterocycles. The van der Waals surface area contributed by atoms with Crippen LogP contribution in [0.3, 0.4) is 0 Å². The molecule has 3 aromatic rings. The lowest BCUT2D eigenvalue weighted by molar-refractivity contribution is 0.190. The lowest BCUT2D eigenvalue weighted by atomic mass is 10.1. The van der Waals surface area contributed by atoms with E-state index in [1.165, 1.54) is 10.8 Å². The Kier molecular flexibility index (Phi) is 4.17. The topological polar surface area (TPSA) is 39.1 Å². The summed E-state index contributed by atoms with van der Waals surface area (Å²) in [5, 5.41) is 5.86. The molecule has 0 radical (unpaired) electrons. The quantitative estimate of drug-likeness (QED) is 0.698. The van der Waals surface area contributed by atoms with Crippen LogP contribution in [-0.4, -0.2) is 23.3 Å². The van der Waals surface area contributed by atoms with Crippen molar-refractivity contribution in [3.8, 4) is 0 Å². The summed E-state index contributed by atoms with van der Waals surface area (Å²) >= 11 is 0. The lowest BCUT2D eigenvalue weighted by Crippen LogP contribution is -2.05. The number of methoxy groups -OCH3 is 1. The highest BCUT2D eigenvalue weighted by Crippen LogP contribution is 2.25. The summed E-state index contributed by atoms with van der Waals surface area (Å²) in [7, 11) is 1.73. The molecule has 21 heavy (non-hydrogen) atoms. The van der Waals surface area contributed by atoms with Gasteiger partial charge in [-0.1, -0.05) is 36.4 Å². The average molecular weight is 281 g/mol. The number of aryl methyl sites for hydroxylation is 1. The maximum atomic E-state index is 5.10. The number of imidazole rings is 1.